The predicted octanol–water partition coefficient (Wildman–Crippen LogP) is 2.22. The molecule has 0 unspecified atom stereocenters. The van der Waals surface area contributed by atoms with Crippen LogP contribution < -0.4 is 10.2 Å². The molecular formula is C17H13N5O5S. The van der Waals surface area contributed by atoms with Crippen molar-refractivity contribution in [3.63, 3.8) is 0 Å². The fourth-order valence-electron chi connectivity index (χ4n) is 2.11. The highest BCUT2D eigenvalue weighted by Crippen LogP contribution is 2.19. The molecule has 3 rings (SSSR count). The minimum Gasteiger partial charge on any atom is -0.422 e. The Morgan fingerprint density at radius 2 is 2.14 bits per heavy atom. The van der Waals surface area contributed by atoms with Crippen LogP contribution >= 0.6 is 11.3 Å². The number of esters is 1. The first-order valence-electron chi connectivity index (χ1n) is 7.86. The molecule has 0 aliphatic rings. The number of hydrogen-bond acceptors (Lipinski definition) is 8. The molecule has 142 valence electrons. The molecule has 11 heteroatoms. The van der Waals surface area contributed by atoms with Crippen molar-refractivity contribution < 1.29 is 19.2 Å². The summed E-state index contributed by atoms with van der Waals surface area (Å²) in [7, 11) is 0. The van der Waals surface area contributed by atoms with Crippen LogP contribution in [-0.4, -0.2) is 32.8 Å². The van der Waals surface area contributed by atoms with Gasteiger partial charge in [0.15, 0.2) is 0 Å². The van der Waals surface area contributed by atoms with E-state index in [0.29, 0.717) is 16.2 Å². The van der Waals surface area contributed by atoms with Gasteiger partial charge < -0.3 is 4.74 Å². The lowest BCUT2D eigenvalue weighted by Gasteiger charge is -2.06. The van der Waals surface area contributed by atoms with E-state index in [9.17, 15) is 19.7 Å². The highest BCUT2D eigenvalue weighted by molar-refractivity contribution is 7.12. The van der Waals surface area contributed by atoms with Gasteiger partial charge in [-0.05, 0) is 23.6 Å². The van der Waals surface area contributed by atoms with Gasteiger partial charge in [0.1, 0.15) is 29.6 Å². The third kappa shape index (κ3) is 4.86. The summed E-state index contributed by atoms with van der Waals surface area (Å²) in [6.45, 7) is -0.236. The van der Waals surface area contributed by atoms with E-state index in [1.54, 1.807) is 41.8 Å². The van der Waals surface area contributed by atoms with Crippen molar-refractivity contribution in [2.45, 2.75) is 6.54 Å². The Labute approximate surface area is 162 Å². The van der Waals surface area contributed by atoms with Gasteiger partial charge in [0.2, 0.25) is 0 Å². The standard InChI is InChI=1S/C17H13N5O5S/c23-16(11-21-10-13(9-19-21)22(25)26)20-18-8-12-4-1-2-5-14(12)27-17(24)15-6-3-7-28-15/h1-10H,11H2,(H,20,23)/b18-8-. The molecule has 0 aliphatic heterocycles. The maximum absolute atomic E-state index is 12.1. The Hall–Kier alpha value is -3.86. The molecule has 1 N–H and O–H groups in total. The molecule has 0 saturated carbocycles. The number of carbonyl (C=O) groups is 2. The highest BCUT2D eigenvalue weighted by Gasteiger charge is 2.12. The first kappa shape index (κ1) is 18.9. The van der Waals surface area contributed by atoms with E-state index in [-0.39, 0.29) is 12.2 Å². The summed E-state index contributed by atoms with van der Waals surface area (Å²) in [6, 6.07) is 10.1. The van der Waals surface area contributed by atoms with Crippen molar-refractivity contribution in [1.29, 1.82) is 0 Å². The third-order valence-electron chi connectivity index (χ3n) is 3.37. The van der Waals surface area contributed by atoms with Crippen molar-refractivity contribution in [3.8, 4) is 5.75 Å². The predicted molar refractivity (Wildman–Crippen MR) is 100 cm³/mol. The second-order valence-electron chi connectivity index (χ2n) is 5.35. The lowest BCUT2D eigenvalue weighted by atomic mass is 10.2. The Bertz CT molecular complexity index is 1030. The second kappa shape index (κ2) is 8.68. The van der Waals surface area contributed by atoms with E-state index in [2.05, 4.69) is 15.6 Å². The Balaban J connectivity index is 1.60. The van der Waals surface area contributed by atoms with E-state index in [0.717, 1.165) is 17.1 Å². The lowest BCUT2D eigenvalue weighted by Crippen LogP contribution is -2.23. The Kier molecular flexibility index (Phi) is 5.87. The zero-order valence-corrected chi connectivity index (χ0v) is 15.0. The van der Waals surface area contributed by atoms with Crippen molar-refractivity contribution in [1.82, 2.24) is 15.2 Å². The number of rotatable bonds is 7. The van der Waals surface area contributed by atoms with Gasteiger partial charge in [0, 0.05) is 5.56 Å². The smallest absolute Gasteiger partial charge is 0.353 e. The van der Waals surface area contributed by atoms with E-state index < -0.39 is 16.8 Å². The van der Waals surface area contributed by atoms with Gasteiger partial charge in [-0.25, -0.2) is 10.2 Å². The summed E-state index contributed by atoms with van der Waals surface area (Å²) < 4.78 is 6.48. The SMILES string of the molecule is O=C(Cn1cc([N+](=O)[O-])cn1)N/N=C\c1ccccc1OC(=O)c1cccs1. The number of nitrogens with one attached hydrogen (secondary N) is 1. The van der Waals surface area contributed by atoms with Crippen LogP contribution in [0.25, 0.3) is 0 Å². The van der Waals surface area contributed by atoms with Gasteiger partial charge in [0.05, 0.1) is 11.1 Å². The number of carbonyl (C=O) groups excluding carboxylic acids is 2. The topological polar surface area (TPSA) is 129 Å². The lowest BCUT2D eigenvalue weighted by molar-refractivity contribution is -0.385. The maximum atomic E-state index is 12.1. The quantitative estimate of drug-likeness (QED) is 0.213. The number of nitrogens with zero attached hydrogens (tertiary/aromatic N) is 4. The van der Waals surface area contributed by atoms with Gasteiger partial charge in [-0.2, -0.15) is 10.2 Å². The molecule has 1 aromatic carbocycles. The number of nitro groups is 1. The van der Waals surface area contributed by atoms with E-state index in [1.807, 2.05) is 0 Å². The first-order chi connectivity index (χ1) is 13.5. The summed E-state index contributed by atoms with van der Waals surface area (Å²) in [4.78, 5) is 34.4. The highest BCUT2D eigenvalue weighted by atomic mass is 32.1. The largest absolute Gasteiger partial charge is 0.422 e. The molecule has 0 aliphatic carbocycles. The van der Waals surface area contributed by atoms with E-state index in [4.69, 9.17) is 4.74 Å². The number of amides is 1. The fourth-order valence-corrected chi connectivity index (χ4v) is 2.71. The Morgan fingerprint density at radius 1 is 1.32 bits per heavy atom. The van der Waals surface area contributed by atoms with Gasteiger partial charge in [-0.15, -0.1) is 11.3 Å². The number of ether oxygens (including phenoxy) is 1. The van der Waals surface area contributed by atoms with Gasteiger partial charge >= 0.3 is 11.7 Å². The fraction of sp³-hybridized carbons (Fsp3) is 0.0588. The molecule has 0 spiro atoms. The molecule has 0 bridgehead atoms. The zero-order valence-electron chi connectivity index (χ0n) is 14.2. The average molecular weight is 399 g/mol. The van der Waals surface area contributed by atoms with Crippen LogP contribution in [0.15, 0.2) is 59.3 Å². The summed E-state index contributed by atoms with van der Waals surface area (Å²) >= 11 is 1.27. The van der Waals surface area contributed by atoms with Crippen molar-refractivity contribution in [2.24, 2.45) is 5.10 Å². The number of thiophene rings is 1. The molecule has 10 nitrogen and oxygen atoms in total. The van der Waals surface area contributed by atoms with Crippen molar-refractivity contribution in [3.05, 3.63) is 74.7 Å². The van der Waals surface area contributed by atoms with Crippen molar-refractivity contribution in [2.75, 3.05) is 0 Å². The molecule has 3 aromatic rings. The molecule has 1 amide bonds. The zero-order chi connectivity index (χ0) is 19.9. The molecule has 2 aromatic heterocycles. The van der Waals surface area contributed by atoms with Crippen molar-refractivity contribution >= 4 is 35.1 Å². The number of hydrogen-bond donors (Lipinski definition) is 1. The monoisotopic (exact) mass is 399 g/mol. The minimum absolute atomic E-state index is 0.210. The third-order valence-corrected chi connectivity index (χ3v) is 4.22. The molecule has 0 atom stereocenters. The minimum atomic E-state index is -0.603. The normalized spacial score (nSPS) is 10.7. The summed E-state index contributed by atoms with van der Waals surface area (Å²) in [5, 5.41) is 19.9. The second-order valence-corrected chi connectivity index (χ2v) is 6.30. The molecule has 28 heavy (non-hydrogen) atoms. The molecule has 2 heterocycles. The van der Waals surface area contributed by atoms with Crippen LogP contribution in [0.5, 0.6) is 5.75 Å². The van der Waals surface area contributed by atoms with Gasteiger partial charge in [-0.1, -0.05) is 18.2 Å². The molecule has 0 saturated heterocycles. The maximum Gasteiger partial charge on any atom is 0.353 e. The number of aromatic nitrogens is 2. The molecule has 0 fully saturated rings. The van der Waals surface area contributed by atoms with Crippen LogP contribution in [0.3, 0.4) is 0 Å². The summed E-state index contributed by atoms with van der Waals surface area (Å²) in [5.74, 6) is -0.718. The number of para-hydroxylation sites is 1. The number of benzene rings is 1. The average Bonchev–Trinajstić information content (AvgIpc) is 3.35. The van der Waals surface area contributed by atoms with E-state index in [1.165, 1.54) is 17.6 Å². The van der Waals surface area contributed by atoms with Crippen LogP contribution in [0.2, 0.25) is 0 Å². The van der Waals surface area contributed by atoms with Crippen LogP contribution in [-0.2, 0) is 11.3 Å². The van der Waals surface area contributed by atoms with Gasteiger partial charge in [0.25, 0.3) is 5.91 Å². The van der Waals surface area contributed by atoms with Crippen LogP contribution in [0, 0.1) is 10.1 Å². The summed E-state index contributed by atoms with van der Waals surface area (Å²) in [5.41, 5.74) is 2.57. The van der Waals surface area contributed by atoms with Crippen LogP contribution in [0.1, 0.15) is 15.2 Å². The molecule has 0 radical (unpaired) electrons. The van der Waals surface area contributed by atoms with E-state index >= 15 is 0 Å². The summed E-state index contributed by atoms with van der Waals surface area (Å²) in [6.07, 6.45) is 3.53. The van der Waals surface area contributed by atoms with Crippen LogP contribution in [0.4, 0.5) is 5.69 Å². The Morgan fingerprint density at radius 3 is 2.86 bits per heavy atom. The van der Waals surface area contributed by atoms with Gasteiger partial charge in [-0.3, -0.25) is 19.6 Å². The first-order valence-corrected chi connectivity index (χ1v) is 8.74. The number of hydrazone groups is 1. The molecular weight excluding hydrogens is 386 g/mol.